The maximum Gasteiger partial charge on any atom is 0.235 e. The van der Waals surface area contributed by atoms with Gasteiger partial charge in [-0.15, -0.1) is 11.8 Å². The maximum absolute atomic E-state index is 12.3. The minimum atomic E-state index is -0.268. The van der Waals surface area contributed by atoms with Crippen molar-refractivity contribution in [3.63, 3.8) is 0 Å². The van der Waals surface area contributed by atoms with Crippen LogP contribution in [0.25, 0.3) is 5.69 Å². The van der Waals surface area contributed by atoms with Crippen LogP contribution in [-0.4, -0.2) is 47.6 Å². The molecule has 0 aliphatic carbocycles. The average molecular weight is 427 g/mol. The molecule has 1 aromatic heterocycles. The Balaban J connectivity index is 1.90. The highest BCUT2D eigenvalue weighted by Gasteiger charge is 2.30. The van der Waals surface area contributed by atoms with Crippen molar-refractivity contribution in [3.8, 4) is 28.7 Å². The van der Waals surface area contributed by atoms with Crippen molar-refractivity contribution in [2.24, 2.45) is 0 Å². The third-order valence-corrected chi connectivity index (χ3v) is 6.09. The number of hydrogen-bond acceptors (Lipinski definition) is 7. The zero-order valence-electron chi connectivity index (χ0n) is 16.7. The van der Waals surface area contributed by atoms with Gasteiger partial charge in [0, 0.05) is 6.07 Å². The molecule has 2 heterocycles. The molecule has 0 saturated carbocycles. The fourth-order valence-electron chi connectivity index (χ4n) is 3.40. The Bertz CT molecular complexity index is 1070. The number of carbonyl (C=O) groups excluding carboxylic acids is 1. The van der Waals surface area contributed by atoms with Crippen molar-refractivity contribution in [3.05, 3.63) is 54.0 Å². The summed E-state index contributed by atoms with van der Waals surface area (Å²) < 4.78 is 17.9. The molecule has 0 radical (unpaired) electrons. The number of benzene rings is 2. The second-order valence-corrected chi connectivity index (χ2v) is 7.66. The lowest BCUT2D eigenvalue weighted by Gasteiger charge is -2.20. The SMILES string of the molecule is COc1cccc(-n2cnc3c2[C@@H](c2cc(OC)c(O)c(OC)c2)SCC(=O)N3)c1. The van der Waals surface area contributed by atoms with Crippen molar-refractivity contribution in [2.45, 2.75) is 5.25 Å². The van der Waals surface area contributed by atoms with Crippen LogP contribution in [0.3, 0.4) is 0 Å². The van der Waals surface area contributed by atoms with Gasteiger partial charge >= 0.3 is 0 Å². The smallest absolute Gasteiger partial charge is 0.235 e. The lowest BCUT2D eigenvalue weighted by Crippen LogP contribution is -2.12. The number of phenols is 1. The van der Waals surface area contributed by atoms with Crippen molar-refractivity contribution in [1.82, 2.24) is 9.55 Å². The van der Waals surface area contributed by atoms with Gasteiger partial charge in [-0.3, -0.25) is 9.36 Å². The Hall–Kier alpha value is -3.33. The monoisotopic (exact) mass is 427 g/mol. The van der Waals surface area contributed by atoms with Gasteiger partial charge in [-0.25, -0.2) is 4.98 Å². The predicted molar refractivity (Wildman–Crippen MR) is 114 cm³/mol. The number of aromatic hydroxyl groups is 1. The molecule has 3 aromatic rings. The standard InChI is InChI=1S/C21H21N3O5S/c1-27-14-6-4-5-13(9-14)24-11-22-21-18(24)20(30-10-17(25)23-21)12-7-15(28-2)19(26)16(8-12)29-3/h4-9,11,20,26H,10H2,1-3H3,(H,23,25)/t20-/m1/s1. The quantitative estimate of drug-likeness (QED) is 0.645. The molecular weight excluding hydrogens is 406 g/mol. The second-order valence-electron chi connectivity index (χ2n) is 6.56. The molecule has 0 spiro atoms. The van der Waals surface area contributed by atoms with Crippen LogP contribution in [0, 0.1) is 0 Å². The zero-order chi connectivity index (χ0) is 21.3. The molecule has 2 N–H and O–H groups in total. The van der Waals surface area contributed by atoms with Gasteiger partial charge in [0.25, 0.3) is 0 Å². The number of methoxy groups -OCH3 is 3. The van der Waals surface area contributed by atoms with Gasteiger partial charge < -0.3 is 24.6 Å². The highest BCUT2D eigenvalue weighted by Crippen LogP contribution is 2.47. The zero-order valence-corrected chi connectivity index (χ0v) is 17.5. The molecule has 1 atom stereocenters. The Morgan fingerprint density at radius 3 is 2.53 bits per heavy atom. The van der Waals surface area contributed by atoms with Gasteiger partial charge in [0.15, 0.2) is 17.3 Å². The molecule has 0 fully saturated rings. The first-order valence-corrected chi connectivity index (χ1v) is 10.2. The van der Waals surface area contributed by atoms with Gasteiger partial charge in [-0.2, -0.15) is 0 Å². The van der Waals surface area contributed by atoms with Crippen LogP contribution < -0.4 is 19.5 Å². The van der Waals surface area contributed by atoms with E-state index in [9.17, 15) is 9.90 Å². The van der Waals surface area contributed by atoms with E-state index in [0.29, 0.717) is 23.1 Å². The molecule has 156 valence electrons. The van der Waals surface area contributed by atoms with E-state index in [1.165, 1.54) is 26.0 Å². The minimum Gasteiger partial charge on any atom is -0.502 e. The molecule has 0 bridgehead atoms. The first-order valence-electron chi connectivity index (χ1n) is 9.13. The van der Waals surface area contributed by atoms with E-state index < -0.39 is 0 Å². The Morgan fingerprint density at radius 2 is 1.87 bits per heavy atom. The summed E-state index contributed by atoms with van der Waals surface area (Å²) in [5.41, 5.74) is 2.46. The lowest BCUT2D eigenvalue weighted by atomic mass is 10.1. The molecule has 1 aliphatic rings. The third-order valence-electron chi connectivity index (χ3n) is 4.83. The van der Waals surface area contributed by atoms with E-state index in [1.807, 2.05) is 28.8 Å². The number of amides is 1. The lowest BCUT2D eigenvalue weighted by molar-refractivity contribution is -0.113. The van der Waals surface area contributed by atoms with E-state index in [4.69, 9.17) is 14.2 Å². The van der Waals surface area contributed by atoms with Gasteiger partial charge in [0.2, 0.25) is 11.7 Å². The van der Waals surface area contributed by atoms with E-state index in [-0.39, 0.29) is 22.7 Å². The summed E-state index contributed by atoms with van der Waals surface area (Å²) in [5.74, 6) is 1.85. The number of carbonyl (C=O) groups is 1. The summed E-state index contributed by atoms with van der Waals surface area (Å²) in [5, 5.41) is 12.9. The van der Waals surface area contributed by atoms with Gasteiger partial charge in [-0.1, -0.05) is 6.07 Å². The summed E-state index contributed by atoms with van der Waals surface area (Å²) in [6.07, 6.45) is 1.67. The number of imidazole rings is 1. The number of nitrogens with zero attached hydrogens (tertiary/aromatic N) is 2. The number of aromatic nitrogens is 2. The maximum atomic E-state index is 12.3. The highest BCUT2D eigenvalue weighted by molar-refractivity contribution is 8.00. The fraction of sp³-hybridized carbons (Fsp3) is 0.238. The van der Waals surface area contributed by atoms with Crippen LogP contribution in [0.1, 0.15) is 16.5 Å². The second kappa shape index (κ2) is 8.19. The first-order chi connectivity index (χ1) is 14.5. The number of ether oxygens (including phenoxy) is 3. The Kier molecular flexibility index (Phi) is 5.45. The average Bonchev–Trinajstić information content (AvgIpc) is 3.10. The van der Waals surface area contributed by atoms with Crippen LogP contribution >= 0.6 is 11.8 Å². The minimum absolute atomic E-state index is 0.0712. The summed E-state index contributed by atoms with van der Waals surface area (Å²) in [7, 11) is 4.58. The molecule has 30 heavy (non-hydrogen) atoms. The van der Waals surface area contributed by atoms with Gasteiger partial charge in [0.1, 0.15) is 12.1 Å². The molecule has 4 rings (SSSR count). The molecule has 0 saturated heterocycles. The number of rotatable bonds is 5. The van der Waals surface area contributed by atoms with E-state index >= 15 is 0 Å². The van der Waals surface area contributed by atoms with Crippen molar-refractivity contribution in [1.29, 1.82) is 0 Å². The molecule has 1 amide bonds. The number of anilines is 1. The Labute approximate surface area is 177 Å². The number of thioether (sulfide) groups is 1. The van der Waals surface area contributed by atoms with Crippen LogP contribution in [0.2, 0.25) is 0 Å². The van der Waals surface area contributed by atoms with Crippen molar-refractivity contribution >= 4 is 23.5 Å². The first kappa shape index (κ1) is 20.0. The molecule has 8 nitrogen and oxygen atoms in total. The van der Waals surface area contributed by atoms with E-state index in [1.54, 1.807) is 25.6 Å². The summed E-state index contributed by atoms with van der Waals surface area (Å²) in [6.45, 7) is 0. The van der Waals surface area contributed by atoms with Crippen LogP contribution in [0.15, 0.2) is 42.7 Å². The number of fused-ring (bicyclic) bond motifs is 1. The summed E-state index contributed by atoms with van der Waals surface area (Å²) >= 11 is 1.46. The topological polar surface area (TPSA) is 94.8 Å². The van der Waals surface area contributed by atoms with Gasteiger partial charge in [0.05, 0.1) is 43.7 Å². The number of phenolic OH excluding ortho intramolecular Hbond substituents is 1. The van der Waals surface area contributed by atoms with E-state index in [0.717, 1.165) is 16.9 Å². The largest absolute Gasteiger partial charge is 0.502 e. The number of nitrogens with one attached hydrogen (secondary N) is 1. The molecule has 1 aliphatic heterocycles. The van der Waals surface area contributed by atoms with Crippen molar-refractivity contribution in [2.75, 3.05) is 32.4 Å². The highest BCUT2D eigenvalue weighted by atomic mass is 32.2. The molecular formula is C21H21N3O5S. The predicted octanol–water partition coefficient (Wildman–Crippen LogP) is 3.38. The number of hydrogen-bond donors (Lipinski definition) is 2. The van der Waals surface area contributed by atoms with Crippen LogP contribution in [0.4, 0.5) is 5.82 Å². The van der Waals surface area contributed by atoms with Crippen molar-refractivity contribution < 1.29 is 24.1 Å². The van der Waals surface area contributed by atoms with Gasteiger partial charge in [-0.05, 0) is 29.8 Å². The summed E-state index contributed by atoms with van der Waals surface area (Å²) in [4.78, 5) is 16.7. The fourth-order valence-corrected chi connectivity index (χ4v) is 4.50. The van der Waals surface area contributed by atoms with Crippen LogP contribution in [-0.2, 0) is 4.79 Å². The Morgan fingerprint density at radius 1 is 1.13 bits per heavy atom. The van der Waals surface area contributed by atoms with E-state index in [2.05, 4.69) is 10.3 Å². The normalized spacial score (nSPS) is 15.7. The molecule has 0 unspecified atom stereocenters. The third kappa shape index (κ3) is 3.52. The molecule has 9 heteroatoms. The molecule has 2 aromatic carbocycles. The summed E-state index contributed by atoms with van der Waals surface area (Å²) in [6, 6.07) is 11.1. The van der Waals surface area contributed by atoms with Crippen LogP contribution in [0.5, 0.6) is 23.0 Å².